The first kappa shape index (κ1) is 21.3. The van der Waals surface area contributed by atoms with Crippen molar-refractivity contribution in [3.63, 3.8) is 0 Å². The first-order valence-electron chi connectivity index (χ1n) is 11.5. The van der Waals surface area contributed by atoms with Crippen LogP contribution in [0.5, 0.6) is 0 Å². The van der Waals surface area contributed by atoms with E-state index in [4.69, 9.17) is 9.97 Å². The van der Waals surface area contributed by atoms with E-state index in [0.29, 0.717) is 43.4 Å². The Morgan fingerprint density at radius 3 is 2.73 bits per heavy atom. The molecule has 1 atom stereocenters. The van der Waals surface area contributed by atoms with E-state index < -0.39 is 0 Å². The fourth-order valence-corrected chi connectivity index (χ4v) is 4.85. The largest absolute Gasteiger partial charge is 0.330 e. The maximum atomic E-state index is 13.2. The molecule has 0 saturated carbocycles. The summed E-state index contributed by atoms with van der Waals surface area (Å²) in [7, 11) is 1.82. The molecule has 0 spiro atoms. The number of anilines is 1. The van der Waals surface area contributed by atoms with Crippen LogP contribution < -0.4 is 4.90 Å². The summed E-state index contributed by atoms with van der Waals surface area (Å²) in [5, 5.41) is 0. The molecule has 3 aromatic rings. The van der Waals surface area contributed by atoms with E-state index >= 15 is 0 Å². The lowest BCUT2D eigenvalue weighted by Crippen LogP contribution is -2.39. The van der Waals surface area contributed by atoms with E-state index in [1.807, 2.05) is 42.0 Å². The molecule has 2 aliphatic heterocycles. The normalized spacial score (nSPS) is 18.0. The van der Waals surface area contributed by atoms with Gasteiger partial charge in [-0.1, -0.05) is 30.3 Å². The molecule has 0 N–H and O–H groups in total. The van der Waals surface area contributed by atoms with Crippen LogP contribution in [0.2, 0.25) is 0 Å². The van der Waals surface area contributed by atoms with Crippen molar-refractivity contribution < 1.29 is 9.59 Å². The molecular formula is C25H28N6O2. The van der Waals surface area contributed by atoms with Crippen LogP contribution in [0.4, 0.5) is 5.82 Å². The van der Waals surface area contributed by atoms with Gasteiger partial charge < -0.3 is 9.47 Å². The maximum absolute atomic E-state index is 13.2. The molecule has 1 fully saturated rings. The molecule has 170 valence electrons. The molecule has 1 aromatic carbocycles. The van der Waals surface area contributed by atoms with Gasteiger partial charge in [0, 0.05) is 50.2 Å². The second kappa shape index (κ2) is 8.77. The van der Waals surface area contributed by atoms with Crippen molar-refractivity contribution in [2.24, 2.45) is 7.05 Å². The van der Waals surface area contributed by atoms with Crippen molar-refractivity contribution >= 4 is 17.6 Å². The van der Waals surface area contributed by atoms with Gasteiger partial charge in [-0.05, 0) is 38.2 Å². The highest BCUT2D eigenvalue weighted by molar-refractivity contribution is 5.95. The van der Waals surface area contributed by atoms with Crippen molar-refractivity contribution in [2.75, 3.05) is 18.0 Å². The SMILES string of the molecule is Cc1nc([C@@H]2CCCN2C(=O)c2nccn2C)nc2c1CCC(=O)N2CCc1ccccc1. The summed E-state index contributed by atoms with van der Waals surface area (Å²) in [4.78, 5) is 43.6. The molecule has 8 heteroatoms. The Hall–Kier alpha value is -3.55. The fourth-order valence-electron chi connectivity index (χ4n) is 4.85. The van der Waals surface area contributed by atoms with E-state index in [-0.39, 0.29) is 17.9 Å². The summed E-state index contributed by atoms with van der Waals surface area (Å²) in [6.07, 6.45) is 6.98. The molecule has 4 heterocycles. The van der Waals surface area contributed by atoms with Crippen molar-refractivity contribution in [1.29, 1.82) is 0 Å². The van der Waals surface area contributed by atoms with Crippen LogP contribution >= 0.6 is 0 Å². The van der Waals surface area contributed by atoms with Gasteiger partial charge in [-0.15, -0.1) is 0 Å². The highest BCUT2D eigenvalue weighted by atomic mass is 16.2. The van der Waals surface area contributed by atoms with Crippen molar-refractivity contribution in [3.05, 3.63) is 71.2 Å². The molecule has 0 unspecified atom stereocenters. The molecule has 2 aliphatic rings. The molecule has 0 radical (unpaired) electrons. The van der Waals surface area contributed by atoms with Gasteiger partial charge in [0.25, 0.3) is 5.91 Å². The number of imidazole rings is 1. The lowest BCUT2D eigenvalue weighted by Gasteiger charge is -2.31. The predicted molar refractivity (Wildman–Crippen MR) is 124 cm³/mol. The molecule has 0 bridgehead atoms. The van der Waals surface area contributed by atoms with Crippen molar-refractivity contribution in [2.45, 2.75) is 45.1 Å². The van der Waals surface area contributed by atoms with Crippen LogP contribution in [0.15, 0.2) is 42.7 Å². The summed E-state index contributed by atoms with van der Waals surface area (Å²) < 4.78 is 1.74. The van der Waals surface area contributed by atoms with E-state index in [1.54, 1.807) is 17.0 Å². The van der Waals surface area contributed by atoms with Gasteiger partial charge in [0.2, 0.25) is 5.91 Å². The van der Waals surface area contributed by atoms with E-state index in [9.17, 15) is 9.59 Å². The zero-order valence-electron chi connectivity index (χ0n) is 19.1. The molecular weight excluding hydrogens is 416 g/mol. The van der Waals surface area contributed by atoms with Crippen LogP contribution in [-0.2, 0) is 24.7 Å². The first-order chi connectivity index (χ1) is 16.0. The van der Waals surface area contributed by atoms with Gasteiger partial charge in [-0.25, -0.2) is 15.0 Å². The van der Waals surface area contributed by atoms with Crippen LogP contribution in [0.1, 0.15) is 58.6 Å². The summed E-state index contributed by atoms with van der Waals surface area (Å²) in [6.45, 7) is 3.20. The zero-order chi connectivity index (χ0) is 22.9. The molecule has 2 amide bonds. The van der Waals surface area contributed by atoms with Gasteiger partial charge >= 0.3 is 0 Å². The Kier molecular flexibility index (Phi) is 5.66. The number of amides is 2. The molecule has 5 rings (SSSR count). The second-order valence-electron chi connectivity index (χ2n) is 8.77. The van der Waals surface area contributed by atoms with Crippen LogP contribution in [-0.4, -0.2) is 49.3 Å². The minimum Gasteiger partial charge on any atom is -0.330 e. The Balaban J connectivity index is 1.45. The van der Waals surface area contributed by atoms with Crippen molar-refractivity contribution in [1.82, 2.24) is 24.4 Å². The number of rotatable bonds is 5. The number of fused-ring (bicyclic) bond motifs is 1. The monoisotopic (exact) mass is 444 g/mol. The third-order valence-corrected chi connectivity index (χ3v) is 6.65. The number of aryl methyl sites for hydroxylation is 2. The Labute approximate surface area is 193 Å². The number of hydrogen-bond acceptors (Lipinski definition) is 5. The standard InChI is InChI=1S/C25H28N6O2/c1-17-19-10-11-21(32)31(15-12-18-7-4-3-5-8-18)23(19)28-22(27-17)20-9-6-14-30(20)25(33)24-26-13-16-29(24)2/h3-5,7-8,13,16,20H,6,9-12,14-15H2,1-2H3/t20-/m0/s1. The average molecular weight is 445 g/mol. The highest BCUT2D eigenvalue weighted by Gasteiger charge is 2.36. The Bertz CT molecular complexity index is 1190. The predicted octanol–water partition coefficient (Wildman–Crippen LogP) is 3.02. The van der Waals surface area contributed by atoms with Crippen LogP contribution in [0, 0.1) is 6.92 Å². The number of nitrogens with zero attached hydrogens (tertiary/aromatic N) is 6. The van der Waals surface area contributed by atoms with E-state index in [2.05, 4.69) is 17.1 Å². The topological polar surface area (TPSA) is 84.2 Å². The Morgan fingerprint density at radius 1 is 1.15 bits per heavy atom. The minimum atomic E-state index is -0.216. The highest BCUT2D eigenvalue weighted by Crippen LogP contribution is 2.35. The van der Waals surface area contributed by atoms with E-state index in [1.165, 1.54) is 5.56 Å². The average Bonchev–Trinajstić information content (AvgIpc) is 3.48. The first-order valence-corrected chi connectivity index (χ1v) is 11.5. The molecule has 33 heavy (non-hydrogen) atoms. The second-order valence-corrected chi connectivity index (χ2v) is 8.77. The smallest absolute Gasteiger partial charge is 0.290 e. The number of benzene rings is 1. The number of carbonyl (C=O) groups excluding carboxylic acids is 2. The lowest BCUT2D eigenvalue weighted by molar-refractivity contribution is -0.118. The van der Waals surface area contributed by atoms with Gasteiger partial charge in [0.1, 0.15) is 5.82 Å². The van der Waals surface area contributed by atoms with E-state index in [0.717, 1.165) is 30.5 Å². The fraction of sp³-hybridized carbons (Fsp3) is 0.400. The third kappa shape index (κ3) is 4.01. The summed E-state index contributed by atoms with van der Waals surface area (Å²) in [6, 6.07) is 9.95. The number of hydrogen-bond donors (Lipinski definition) is 0. The quantitative estimate of drug-likeness (QED) is 0.604. The minimum absolute atomic E-state index is 0.0924. The zero-order valence-corrected chi connectivity index (χ0v) is 19.1. The summed E-state index contributed by atoms with van der Waals surface area (Å²) in [5.41, 5.74) is 3.11. The van der Waals surface area contributed by atoms with Gasteiger partial charge in [0.05, 0.1) is 6.04 Å². The molecule has 1 saturated heterocycles. The maximum Gasteiger partial charge on any atom is 0.290 e. The van der Waals surface area contributed by atoms with Crippen molar-refractivity contribution in [3.8, 4) is 0 Å². The Morgan fingerprint density at radius 2 is 1.97 bits per heavy atom. The third-order valence-electron chi connectivity index (χ3n) is 6.65. The lowest BCUT2D eigenvalue weighted by atomic mass is 10.0. The number of carbonyl (C=O) groups is 2. The number of aromatic nitrogens is 4. The molecule has 2 aromatic heterocycles. The number of likely N-dealkylation sites (tertiary alicyclic amines) is 1. The molecule has 0 aliphatic carbocycles. The van der Waals surface area contributed by atoms with Crippen LogP contribution in [0.25, 0.3) is 0 Å². The summed E-state index contributed by atoms with van der Waals surface area (Å²) >= 11 is 0. The van der Waals surface area contributed by atoms with Crippen LogP contribution in [0.3, 0.4) is 0 Å². The molecule has 8 nitrogen and oxygen atoms in total. The van der Waals surface area contributed by atoms with Gasteiger partial charge in [-0.3, -0.25) is 14.5 Å². The van der Waals surface area contributed by atoms with Gasteiger partial charge in [-0.2, -0.15) is 0 Å². The summed E-state index contributed by atoms with van der Waals surface area (Å²) in [5.74, 6) is 1.72. The van der Waals surface area contributed by atoms with Gasteiger partial charge in [0.15, 0.2) is 11.6 Å².